The SMILES string of the molecule is CN1CCC(C)(C)N(Cc2ccco2)CC1CN. The molecule has 4 heteroatoms. The van der Waals surface area contributed by atoms with Gasteiger partial charge in [0.05, 0.1) is 12.8 Å². The minimum atomic E-state index is 0.185. The Balaban J connectivity index is 2.13. The number of nitrogens with two attached hydrogens (primary N) is 1. The van der Waals surface area contributed by atoms with Gasteiger partial charge in [-0.05, 0) is 46.0 Å². The van der Waals surface area contributed by atoms with E-state index in [0.717, 1.165) is 31.8 Å². The minimum absolute atomic E-state index is 0.185. The Hall–Kier alpha value is -0.840. The summed E-state index contributed by atoms with van der Waals surface area (Å²) in [6.45, 7) is 8.29. The highest BCUT2D eigenvalue weighted by molar-refractivity contribution is 5.01. The Morgan fingerprint density at radius 1 is 1.50 bits per heavy atom. The highest BCUT2D eigenvalue weighted by Crippen LogP contribution is 2.26. The monoisotopic (exact) mass is 251 g/mol. The molecule has 0 saturated carbocycles. The molecule has 4 nitrogen and oxygen atoms in total. The molecule has 1 fully saturated rings. The lowest BCUT2D eigenvalue weighted by Crippen LogP contribution is -2.48. The number of hydrogen-bond donors (Lipinski definition) is 1. The van der Waals surface area contributed by atoms with Crippen molar-refractivity contribution in [2.24, 2.45) is 5.73 Å². The summed E-state index contributed by atoms with van der Waals surface area (Å²) in [5, 5.41) is 0. The fourth-order valence-electron chi connectivity index (χ4n) is 2.56. The van der Waals surface area contributed by atoms with Crippen LogP contribution in [0.15, 0.2) is 22.8 Å². The first-order valence-electron chi connectivity index (χ1n) is 6.70. The lowest BCUT2D eigenvalue weighted by Gasteiger charge is -2.37. The maximum Gasteiger partial charge on any atom is 0.117 e. The van der Waals surface area contributed by atoms with E-state index in [2.05, 4.69) is 30.7 Å². The zero-order chi connectivity index (χ0) is 13.2. The van der Waals surface area contributed by atoms with E-state index in [9.17, 15) is 0 Å². The molecule has 1 atom stereocenters. The molecule has 0 radical (unpaired) electrons. The van der Waals surface area contributed by atoms with Crippen molar-refractivity contribution in [1.29, 1.82) is 0 Å². The van der Waals surface area contributed by atoms with Gasteiger partial charge in [0.1, 0.15) is 5.76 Å². The summed E-state index contributed by atoms with van der Waals surface area (Å²) in [6.07, 6.45) is 2.90. The molecule has 1 aliphatic rings. The molecular formula is C14H25N3O. The molecule has 1 unspecified atom stereocenters. The molecule has 2 rings (SSSR count). The Morgan fingerprint density at radius 3 is 2.89 bits per heavy atom. The predicted octanol–water partition coefficient (Wildman–Crippen LogP) is 1.52. The third-order valence-corrected chi connectivity index (χ3v) is 4.19. The van der Waals surface area contributed by atoms with Gasteiger partial charge in [0.25, 0.3) is 0 Å². The largest absolute Gasteiger partial charge is 0.468 e. The first-order valence-corrected chi connectivity index (χ1v) is 6.70. The predicted molar refractivity (Wildman–Crippen MR) is 73.3 cm³/mol. The van der Waals surface area contributed by atoms with E-state index >= 15 is 0 Å². The van der Waals surface area contributed by atoms with E-state index in [0.29, 0.717) is 12.6 Å². The zero-order valence-corrected chi connectivity index (χ0v) is 11.7. The van der Waals surface area contributed by atoms with Crippen molar-refractivity contribution in [3.05, 3.63) is 24.2 Å². The van der Waals surface area contributed by atoms with Gasteiger partial charge in [-0.25, -0.2) is 0 Å². The fraction of sp³-hybridized carbons (Fsp3) is 0.714. The molecule has 102 valence electrons. The maximum absolute atomic E-state index is 5.90. The average molecular weight is 251 g/mol. The summed E-state index contributed by atoms with van der Waals surface area (Å²) in [6, 6.07) is 4.43. The zero-order valence-electron chi connectivity index (χ0n) is 11.7. The van der Waals surface area contributed by atoms with Crippen LogP contribution < -0.4 is 5.73 Å². The summed E-state index contributed by atoms with van der Waals surface area (Å²) in [5.74, 6) is 1.03. The molecule has 1 aliphatic heterocycles. The second kappa shape index (κ2) is 5.43. The molecule has 1 aromatic heterocycles. The van der Waals surface area contributed by atoms with Gasteiger partial charge in [-0.15, -0.1) is 0 Å². The van der Waals surface area contributed by atoms with Gasteiger partial charge in [0.2, 0.25) is 0 Å². The van der Waals surface area contributed by atoms with Crippen LogP contribution >= 0.6 is 0 Å². The van der Waals surface area contributed by atoms with Crippen molar-refractivity contribution < 1.29 is 4.42 Å². The number of hydrogen-bond acceptors (Lipinski definition) is 4. The van der Waals surface area contributed by atoms with Gasteiger partial charge >= 0.3 is 0 Å². The van der Waals surface area contributed by atoms with E-state index in [1.807, 2.05) is 12.1 Å². The third kappa shape index (κ3) is 2.94. The van der Waals surface area contributed by atoms with Gasteiger partial charge in [-0.1, -0.05) is 0 Å². The molecule has 0 bridgehead atoms. The maximum atomic E-state index is 5.90. The molecule has 0 spiro atoms. The van der Waals surface area contributed by atoms with Crippen LogP contribution in [0.2, 0.25) is 0 Å². The van der Waals surface area contributed by atoms with Crippen LogP contribution in [0, 0.1) is 0 Å². The summed E-state index contributed by atoms with van der Waals surface area (Å²) >= 11 is 0. The summed E-state index contributed by atoms with van der Waals surface area (Å²) in [4.78, 5) is 4.87. The molecular weight excluding hydrogens is 226 g/mol. The average Bonchev–Trinajstić information content (AvgIpc) is 2.80. The molecule has 18 heavy (non-hydrogen) atoms. The van der Waals surface area contributed by atoms with Crippen molar-refractivity contribution in [1.82, 2.24) is 9.80 Å². The van der Waals surface area contributed by atoms with Crippen molar-refractivity contribution in [3.63, 3.8) is 0 Å². The summed E-state index contributed by atoms with van der Waals surface area (Å²) < 4.78 is 5.48. The Bertz CT molecular complexity index is 361. The van der Waals surface area contributed by atoms with Gasteiger partial charge in [0, 0.05) is 24.7 Å². The van der Waals surface area contributed by atoms with Crippen LogP contribution in [-0.2, 0) is 6.54 Å². The number of furan rings is 1. The second-order valence-corrected chi connectivity index (χ2v) is 5.89. The van der Waals surface area contributed by atoms with Crippen LogP contribution in [0.5, 0.6) is 0 Å². The summed E-state index contributed by atoms with van der Waals surface area (Å²) in [5.41, 5.74) is 6.08. The van der Waals surface area contributed by atoms with Crippen LogP contribution in [0.25, 0.3) is 0 Å². The Labute approximate surface area is 110 Å². The van der Waals surface area contributed by atoms with Crippen LogP contribution in [-0.4, -0.2) is 48.1 Å². The number of rotatable bonds is 3. The molecule has 0 aliphatic carbocycles. The standard InChI is InChI=1S/C14H25N3O/c1-14(2)6-7-16(3)12(9-15)10-17(14)11-13-5-4-8-18-13/h4-5,8,12H,6-7,9-11,15H2,1-3H3. The Morgan fingerprint density at radius 2 is 2.28 bits per heavy atom. The molecule has 1 aromatic rings. The van der Waals surface area contributed by atoms with Crippen molar-refractivity contribution in [2.75, 3.05) is 26.7 Å². The smallest absolute Gasteiger partial charge is 0.117 e. The van der Waals surface area contributed by atoms with Crippen LogP contribution in [0.4, 0.5) is 0 Å². The highest BCUT2D eigenvalue weighted by Gasteiger charge is 2.33. The minimum Gasteiger partial charge on any atom is -0.468 e. The van der Waals surface area contributed by atoms with E-state index in [-0.39, 0.29) is 5.54 Å². The summed E-state index contributed by atoms with van der Waals surface area (Å²) in [7, 11) is 2.17. The topological polar surface area (TPSA) is 45.6 Å². The van der Waals surface area contributed by atoms with Gasteiger partial charge < -0.3 is 15.1 Å². The second-order valence-electron chi connectivity index (χ2n) is 5.89. The third-order valence-electron chi connectivity index (χ3n) is 4.19. The molecule has 0 aromatic carbocycles. The van der Waals surface area contributed by atoms with Crippen molar-refractivity contribution >= 4 is 0 Å². The van der Waals surface area contributed by atoms with Crippen LogP contribution in [0.3, 0.4) is 0 Å². The van der Waals surface area contributed by atoms with E-state index in [1.54, 1.807) is 6.26 Å². The molecule has 2 heterocycles. The molecule has 1 saturated heterocycles. The van der Waals surface area contributed by atoms with Gasteiger partial charge in [0.15, 0.2) is 0 Å². The van der Waals surface area contributed by atoms with Crippen molar-refractivity contribution in [2.45, 2.75) is 38.4 Å². The quantitative estimate of drug-likeness (QED) is 0.885. The van der Waals surface area contributed by atoms with Crippen molar-refractivity contribution in [3.8, 4) is 0 Å². The lowest BCUT2D eigenvalue weighted by molar-refractivity contribution is 0.0987. The molecule has 0 amide bonds. The number of likely N-dealkylation sites (N-methyl/N-ethyl adjacent to an activating group) is 1. The van der Waals surface area contributed by atoms with Crippen LogP contribution in [0.1, 0.15) is 26.0 Å². The first-order chi connectivity index (χ1) is 8.53. The van der Waals surface area contributed by atoms with E-state index in [1.165, 1.54) is 0 Å². The van der Waals surface area contributed by atoms with E-state index < -0.39 is 0 Å². The van der Waals surface area contributed by atoms with Gasteiger partial charge in [-0.3, -0.25) is 4.90 Å². The first kappa shape index (κ1) is 13.6. The fourth-order valence-corrected chi connectivity index (χ4v) is 2.56. The lowest BCUT2D eigenvalue weighted by atomic mass is 9.98. The highest BCUT2D eigenvalue weighted by atomic mass is 16.3. The Kier molecular flexibility index (Phi) is 4.10. The number of nitrogens with zero attached hydrogens (tertiary/aromatic N) is 2. The van der Waals surface area contributed by atoms with Gasteiger partial charge in [-0.2, -0.15) is 0 Å². The normalized spacial score (nSPS) is 26.1. The molecule has 2 N–H and O–H groups in total. The van der Waals surface area contributed by atoms with E-state index in [4.69, 9.17) is 10.2 Å².